The van der Waals surface area contributed by atoms with Gasteiger partial charge in [-0.3, -0.25) is 0 Å². The van der Waals surface area contributed by atoms with Crippen LogP contribution in [0, 0.1) is 0 Å². The Hall–Kier alpha value is -0.340. The zero-order valence-corrected chi connectivity index (χ0v) is 73.5. The highest BCUT2D eigenvalue weighted by atomic mass is 79.9. The molecule has 2 aromatic rings. The van der Waals surface area contributed by atoms with Crippen molar-refractivity contribution in [1.29, 1.82) is 0 Å². The number of nitrogens with zero attached hydrogens (tertiary/aromatic N) is 2. The molecule has 0 aromatic carbocycles. The van der Waals surface area contributed by atoms with Crippen LogP contribution in [0.4, 0.5) is 0 Å². The molecule has 0 amide bonds. The molecule has 0 spiro atoms. The second-order valence-corrected chi connectivity index (χ2v) is 40.1. The second-order valence-electron chi connectivity index (χ2n) is 32.4. The lowest BCUT2D eigenvalue weighted by atomic mass is 10.0. The van der Waals surface area contributed by atoms with Crippen LogP contribution in [0.5, 0.6) is 0 Å². The van der Waals surface area contributed by atoms with Crippen molar-refractivity contribution in [3.05, 3.63) is 53.1 Å². The van der Waals surface area contributed by atoms with Gasteiger partial charge in [0.25, 0.3) is 0 Å². The summed E-state index contributed by atoms with van der Waals surface area (Å²) < 4.78 is 5.75. The zero-order valence-electron chi connectivity index (χ0n) is 67.9. The minimum atomic E-state index is -0.144. The maximum Gasteiger partial charge on any atom is 0.115 e. The van der Waals surface area contributed by atoms with Gasteiger partial charge in [-0.05, 0) is 105 Å². The third-order valence-electron chi connectivity index (χ3n) is 22.9. The number of thiophene rings is 1. The lowest BCUT2D eigenvalue weighted by Gasteiger charge is -2.13. The summed E-state index contributed by atoms with van der Waals surface area (Å²) in [5, 5.41) is 5.10. The summed E-state index contributed by atoms with van der Waals surface area (Å²) in [5.41, 5.74) is 8.16. The number of fused-ring (bicyclic) bond motifs is 1. The molecular formula is C94H168Br2N2S3. The summed E-state index contributed by atoms with van der Waals surface area (Å²) in [6.07, 6.45) is 112. The van der Waals surface area contributed by atoms with Crippen molar-refractivity contribution in [2.24, 2.45) is 0 Å². The van der Waals surface area contributed by atoms with Crippen molar-refractivity contribution < 1.29 is 0 Å². The van der Waals surface area contributed by atoms with E-state index in [-0.39, 0.29) is 21.8 Å². The molecule has 0 aliphatic carbocycles. The van der Waals surface area contributed by atoms with Gasteiger partial charge in [0, 0.05) is 0 Å². The minimum Gasteiger partial charge on any atom is -0.247 e. The topological polar surface area (TPSA) is 25.8 Å². The first-order valence-corrected chi connectivity index (χ1v) is 50.9. The first kappa shape index (κ1) is 93.0. The highest BCUT2D eigenvalue weighted by Crippen LogP contribution is 2.64. The summed E-state index contributed by atoms with van der Waals surface area (Å²) in [5.74, 6) is 0. The summed E-state index contributed by atoms with van der Waals surface area (Å²) in [4.78, 5) is 11.9. The Bertz CT molecular complexity index is 2160. The van der Waals surface area contributed by atoms with Crippen molar-refractivity contribution >= 4 is 76.0 Å². The van der Waals surface area contributed by atoms with Crippen molar-refractivity contribution in [2.45, 2.75) is 524 Å². The average Bonchev–Trinajstić information content (AvgIpc) is 1.60. The Balaban J connectivity index is 1.36. The fourth-order valence-electron chi connectivity index (χ4n) is 16.0. The van der Waals surface area contributed by atoms with E-state index in [1.807, 2.05) is 0 Å². The van der Waals surface area contributed by atoms with E-state index in [1.54, 1.807) is 0 Å². The predicted molar refractivity (Wildman–Crippen MR) is 471 cm³/mol. The molecule has 0 saturated carbocycles. The first-order chi connectivity index (χ1) is 50.0. The van der Waals surface area contributed by atoms with E-state index in [1.165, 1.54) is 525 Å². The van der Waals surface area contributed by atoms with Gasteiger partial charge < -0.3 is 0 Å². The summed E-state index contributed by atoms with van der Waals surface area (Å²) >= 11 is 10.7. The lowest BCUT2D eigenvalue weighted by Crippen LogP contribution is -2.04. The molecule has 4 heterocycles. The molecule has 0 N–H and O–H groups in total. The SMILES string of the molecule is CCCCCCCCCCCCCCCCCCCCC1=C(Br)[S](c2sc([S]3C=CC(CCCCCCCCCCCCCCCCCCCC)=C3Br)c3nc(CCCCCCCCCCCCCCCCCCCC)c(CCCCCCCCCCCCCCCCCCCC)nc23)C=C1. The number of hydrogen-bond donors (Lipinski definition) is 0. The van der Waals surface area contributed by atoms with Gasteiger partial charge in [0.05, 0.1) is 27.4 Å². The summed E-state index contributed by atoms with van der Waals surface area (Å²) in [6.45, 7) is 9.29. The van der Waals surface area contributed by atoms with Gasteiger partial charge in [-0.1, -0.05) is 476 Å². The van der Waals surface area contributed by atoms with Gasteiger partial charge in [-0.15, -0.1) is 33.1 Å². The van der Waals surface area contributed by atoms with Gasteiger partial charge in [-0.25, -0.2) is 9.97 Å². The normalized spacial score (nSPS) is 13.6. The minimum absolute atomic E-state index is 0.144. The van der Waals surface area contributed by atoms with Crippen LogP contribution < -0.4 is 0 Å². The summed E-state index contributed by atoms with van der Waals surface area (Å²) in [7, 11) is -0.288. The maximum atomic E-state index is 5.94. The van der Waals surface area contributed by atoms with Gasteiger partial charge in [0.15, 0.2) is 0 Å². The number of unbranched alkanes of at least 4 members (excludes halogenated alkanes) is 68. The molecule has 4 rings (SSSR count). The second kappa shape index (κ2) is 68.9. The molecule has 2 aliphatic heterocycles. The van der Waals surface area contributed by atoms with Crippen LogP contribution in [0.2, 0.25) is 0 Å². The molecule has 0 saturated heterocycles. The molecule has 0 unspecified atom stereocenters. The molecule has 2 aromatic heterocycles. The Morgan fingerprint density at radius 3 is 0.564 bits per heavy atom. The van der Waals surface area contributed by atoms with E-state index in [9.17, 15) is 0 Å². The Morgan fingerprint density at radius 2 is 0.386 bits per heavy atom. The van der Waals surface area contributed by atoms with E-state index < -0.39 is 0 Å². The predicted octanol–water partition coefficient (Wildman–Crippen LogP) is 37.2. The van der Waals surface area contributed by atoms with Crippen molar-refractivity contribution in [1.82, 2.24) is 9.97 Å². The number of hydrogen-bond acceptors (Lipinski definition) is 3. The van der Waals surface area contributed by atoms with Crippen molar-refractivity contribution in [3.63, 3.8) is 0 Å². The Morgan fingerprint density at radius 1 is 0.228 bits per heavy atom. The molecular weight excluding hydrogens is 1410 g/mol. The summed E-state index contributed by atoms with van der Waals surface area (Å²) in [6, 6.07) is 0. The zero-order chi connectivity index (χ0) is 71.6. The molecule has 2 nitrogen and oxygen atoms in total. The monoisotopic (exact) mass is 1580 g/mol. The van der Waals surface area contributed by atoms with Crippen LogP contribution in [0.15, 0.2) is 50.2 Å². The molecule has 2 aliphatic rings. The fourth-order valence-corrected chi connectivity index (χ4v) is 24.8. The number of aryl methyl sites for hydroxylation is 2. The van der Waals surface area contributed by atoms with Crippen LogP contribution in [-0.4, -0.2) is 9.97 Å². The van der Waals surface area contributed by atoms with Crippen LogP contribution in [0.25, 0.3) is 11.0 Å². The average molecular weight is 1580 g/mol. The molecule has 0 bridgehead atoms. The van der Waals surface area contributed by atoms with Crippen molar-refractivity contribution in [3.8, 4) is 0 Å². The standard InChI is InChI=1S/C94H168Br2N2S3/c1-5-9-13-17-21-25-29-33-37-41-45-49-53-57-61-65-69-73-77-85-81-83-100(91(85)95)93-89-90(94(99-93)101-84-82-86(92(101)96)78-74-70-66-62-58-54-50-46-42-38-34-30-26-22-18-14-10-6-2)98-88(80-76-72-68-64-60-56-52-48-44-40-36-32-28-24-20-16-12-8-4)87(97-89)79-75-71-67-63-59-55-51-47-43-39-35-31-27-23-19-15-11-7-3/h81-84H,5-80H2,1-4H3. The fraction of sp³-hybridized carbons (Fsp3) is 0.851. The maximum absolute atomic E-state index is 5.94. The van der Waals surface area contributed by atoms with E-state index in [2.05, 4.69) is 93.9 Å². The number of halogens is 2. The Labute approximate surface area is 657 Å². The third kappa shape index (κ3) is 47.4. The molecule has 0 atom stereocenters. The van der Waals surface area contributed by atoms with Gasteiger partial charge in [0.1, 0.15) is 11.0 Å². The van der Waals surface area contributed by atoms with Crippen LogP contribution in [0.1, 0.15) is 514 Å². The first-order valence-electron chi connectivity index (χ1n) is 46.0. The van der Waals surface area contributed by atoms with E-state index >= 15 is 0 Å². The van der Waals surface area contributed by atoms with Crippen LogP contribution >= 0.6 is 65.0 Å². The van der Waals surface area contributed by atoms with E-state index in [4.69, 9.17) is 9.97 Å². The molecule has 101 heavy (non-hydrogen) atoms. The molecule has 586 valence electrons. The third-order valence-corrected chi connectivity index (χ3v) is 31.6. The van der Waals surface area contributed by atoms with Crippen molar-refractivity contribution in [2.75, 3.05) is 0 Å². The smallest absolute Gasteiger partial charge is 0.115 e. The largest absolute Gasteiger partial charge is 0.247 e. The van der Waals surface area contributed by atoms with Gasteiger partial charge >= 0.3 is 0 Å². The van der Waals surface area contributed by atoms with E-state index in [0.717, 1.165) is 12.8 Å². The van der Waals surface area contributed by atoms with Gasteiger partial charge in [-0.2, -0.15) is 0 Å². The van der Waals surface area contributed by atoms with Crippen LogP contribution in [0.3, 0.4) is 0 Å². The highest BCUT2D eigenvalue weighted by Gasteiger charge is 2.31. The number of aromatic nitrogens is 2. The van der Waals surface area contributed by atoms with Gasteiger partial charge in [0.2, 0.25) is 0 Å². The molecule has 0 fully saturated rings. The quantitative estimate of drug-likeness (QED) is 0.0617. The number of rotatable bonds is 78. The highest BCUT2D eigenvalue weighted by molar-refractivity contribution is 9.14. The number of allylic oxidation sites excluding steroid dienone is 4. The Kier molecular flexibility index (Phi) is 63.5. The lowest BCUT2D eigenvalue weighted by molar-refractivity contribution is 0.524. The molecule has 7 heteroatoms. The van der Waals surface area contributed by atoms with Crippen LogP contribution in [-0.2, 0) is 12.8 Å². The molecule has 2 radical (unpaired) electrons. The van der Waals surface area contributed by atoms with E-state index in [0.29, 0.717) is 0 Å².